The fraction of sp³-hybridized carbons (Fsp3) is 0.880. The van der Waals surface area contributed by atoms with Crippen LogP contribution in [0.1, 0.15) is 86.9 Å². The molecule has 0 bridgehead atoms. The second-order valence-corrected chi connectivity index (χ2v) is 12.9. The van der Waals surface area contributed by atoms with Crippen molar-refractivity contribution in [3.8, 4) is 0 Å². The van der Waals surface area contributed by atoms with Crippen molar-refractivity contribution in [3.63, 3.8) is 0 Å². The first-order chi connectivity index (χ1) is 14.9. The van der Waals surface area contributed by atoms with Crippen molar-refractivity contribution in [1.82, 2.24) is 30.1 Å². The lowest BCUT2D eigenvalue weighted by Crippen LogP contribution is -2.65. The summed E-state index contributed by atoms with van der Waals surface area (Å²) in [5, 5.41) is 3.90. The Hall–Kier alpha value is -1.25. The first-order valence-corrected chi connectivity index (χ1v) is 12.4. The van der Waals surface area contributed by atoms with Gasteiger partial charge in [0.25, 0.3) is 0 Å². The average molecular weight is 456 g/mol. The molecule has 3 rings (SSSR count). The molecule has 7 nitrogen and oxygen atoms in total. The predicted molar refractivity (Wildman–Crippen MR) is 138 cm³/mol. The second-order valence-electron chi connectivity index (χ2n) is 12.9. The number of hydrogen-bond donors (Lipinski definition) is 1. The van der Waals surface area contributed by atoms with Crippen molar-refractivity contribution in [3.05, 3.63) is 5.82 Å². The fourth-order valence-electron chi connectivity index (χ4n) is 6.26. The van der Waals surface area contributed by atoms with Crippen LogP contribution in [0, 0.1) is 6.92 Å². The standard InChI is InChI=1S/C25H46BN7/c1-17-28-20(26)30-21(29-17)33(19-14-24(6,7)32(11)25(8,9)15-19)16-27-18-12-22(2,3)31(10)23(4,5)13-18/h18-19,27H,12-16H2,1-11H3. The normalized spacial score (nSPS) is 25.8. The summed E-state index contributed by atoms with van der Waals surface area (Å²) >= 11 is 0. The van der Waals surface area contributed by atoms with Crippen LogP contribution in [-0.2, 0) is 0 Å². The number of piperidine rings is 2. The van der Waals surface area contributed by atoms with Crippen LogP contribution in [-0.4, -0.2) is 87.6 Å². The molecule has 0 saturated carbocycles. The van der Waals surface area contributed by atoms with E-state index in [1.54, 1.807) is 0 Å². The van der Waals surface area contributed by atoms with Crippen molar-refractivity contribution in [2.24, 2.45) is 0 Å². The summed E-state index contributed by atoms with van der Waals surface area (Å²) in [6.07, 6.45) is 4.26. The van der Waals surface area contributed by atoms with Crippen LogP contribution in [0.2, 0.25) is 0 Å². The molecule has 0 spiro atoms. The SMILES string of the molecule is [B]c1nc(C)nc(N(CNC2CC(C)(C)N(C)C(C)(C)C2)C2CC(C)(C)N(C)C(C)(C)C2)n1. The molecule has 0 aromatic carbocycles. The minimum atomic E-state index is 0.0653. The minimum Gasteiger partial charge on any atom is -0.325 e. The summed E-state index contributed by atoms with van der Waals surface area (Å²) in [5.74, 6) is 1.34. The summed E-state index contributed by atoms with van der Waals surface area (Å²) in [6.45, 7) is 21.3. The zero-order valence-corrected chi connectivity index (χ0v) is 23.0. The quantitative estimate of drug-likeness (QED) is 0.541. The second kappa shape index (κ2) is 8.76. The number of anilines is 1. The third kappa shape index (κ3) is 5.54. The molecule has 184 valence electrons. The molecule has 3 heterocycles. The maximum atomic E-state index is 6.06. The summed E-state index contributed by atoms with van der Waals surface area (Å²) in [7, 11) is 10.6. The van der Waals surface area contributed by atoms with E-state index in [0.717, 1.165) is 25.7 Å². The van der Waals surface area contributed by atoms with E-state index in [1.165, 1.54) is 0 Å². The Bertz CT molecular complexity index is 795. The molecule has 0 aliphatic carbocycles. The summed E-state index contributed by atoms with van der Waals surface area (Å²) in [4.78, 5) is 20.9. The largest absolute Gasteiger partial charge is 0.325 e. The van der Waals surface area contributed by atoms with Gasteiger partial charge in [-0.25, -0.2) is 9.97 Å². The smallest absolute Gasteiger partial charge is 0.229 e. The first kappa shape index (κ1) is 26.4. The highest BCUT2D eigenvalue weighted by molar-refractivity contribution is 6.29. The molecule has 8 heteroatoms. The van der Waals surface area contributed by atoms with E-state index in [9.17, 15) is 0 Å². The van der Waals surface area contributed by atoms with E-state index in [-0.39, 0.29) is 27.9 Å². The molecule has 33 heavy (non-hydrogen) atoms. The minimum absolute atomic E-state index is 0.0653. The van der Waals surface area contributed by atoms with E-state index >= 15 is 0 Å². The predicted octanol–water partition coefficient (Wildman–Crippen LogP) is 2.63. The number of hydrogen-bond acceptors (Lipinski definition) is 7. The Morgan fingerprint density at radius 3 is 1.73 bits per heavy atom. The van der Waals surface area contributed by atoms with Gasteiger partial charge in [0, 0.05) is 34.2 Å². The van der Waals surface area contributed by atoms with Gasteiger partial charge in [-0.15, -0.1) is 0 Å². The van der Waals surface area contributed by atoms with Crippen molar-refractivity contribution in [2.45, 2.75) is 122 Å². The van der Waals surface area contributed by atoms with Crippen LogP contribution in [0.5, 0.6) is 0 Å². The molecule has 1 N–H and O–H groups in total. The Labute approximate surface area is 203 Å². The van der Waals surface area contributed by atoms with Crippen molar-refractivity contribution in [1.29, 1.82) is 0 Å². The van der Waals surface area contributed by atoms with Crippen molar-refractivity contribution >= 4 is 19.5 Å². The van der Waals surface area contributed by atoms with Gasteiger partial charge in [-0.05, 0) is 102 Å². The van der Waals surface area contributed by atoms with Gasteiger partial charge in [-0.3, -0.25) is 15.1 Å². The van der Waals surface area contributed by atoms with Crippen molar-refractivity contribution < 1.29 is 0 Å². The van der Waals surface area contributed by atoms with Gasteiger partial charge in [0.2, 0.25) is 5.95 Å². The molecular weight excluding hydrogens is 409 g/mol. The highest BCUT2D eigenvalue weighted by atomic mass is 15.4. The molecule has 0 unspecified atom stereocenters. The van der Waals surface area contributed by atoms with Crippen molar-refractivity contribution in [2.75, 3.05) is 25.7 Å². The molecule has 2 saturated heterocycles. The number of aryl methyl sites for hydroxylation is 1. The first-order valence-electron chi connectivity index (χ1n) is 12.4. The lowest BCUT2D eigenvalue weighted by atomic mass is 9.77. The molecule has 1 aromatic heterocycles. The summed E-state index contributed by atoms with van der Waals surface area (Å²) in [5.41, 5.74) is 0.688. The summed E-state index contributed by atoms with van der Waals surface area (Å²) in [6, 6.07) is 0.716. The van der Waals surface area contributed by atoms with Gasteiger partial charge in [-0.1, -0.05) is 0 Å². The average Bonchev–Trinajstić information content (AvgIpc) is 2.62. The fourth-order valence-corrected chi connectivity index (χ4v) is 6.26. The van der Waals surface area contributed by atoms with E-state index in [0.29, 0.717) is 30.5 Å². The van der Waals surface area contributed by atoms with Crippen LogP contribution in [0.4, 0.5) is 5.95 Å². The van der Waals surface area contributed by atoms with E-state index in [2.05, 4.69) is 99.5 Å². The van der Waals surface area contributed by atoms with Crippen LogP contribution < -0.4 is 15.9 Å². The van der Waals surface area contributed by atoms with Gasteiger partial charge < -0.3 is 4.90 Å². The number of aromatic nitrogens is 3. The molecule has 2 fully saturated rings. The lowest BCUT2D eigenvalue weighted by molar-refractivity contribution is -0.0207. The molecule has 1 aromatic rings. The number of nitrogens with one attached hydrogen (secondary N) is 1. The van der Waals surface area contributed by atoms with Gasteiger partial charge in [0.1, 0.15) is 5.82 Å². The van der Waals surface area contributed by atoms with Gasteiger partial charge >= 0.3 is 0 Å². The zero-order chi connectivity index (χ0) is 25.0. The van der Waals surface area contributed by atoms with Gasteiger partial charge in [0.15, 0.2) is 7.85 Å². The molecule has 2 aliphatic heterocycles. The summed E-state index contributed by atoms with van der Waals surface area (Å²) < 4.78 is 0. The number of rotatable bonds is 5. The van der Waals surface area contributed by atoms with Crippen LogP contribution in [0.25, 0.3) is 0 Å². The van der Waals surface area contributed by atoms with Crippen LogP contribution >= 0.6 is 0 Å². The number of nitrogens with zero attached hydrogens (tertiary/aromatic N) is 6. The number of likely N-dealkylation sites (tertiary alicyclic amines) is 2. The van der Waals surface area contributed by atoms with Crippen LogP contribution in [0.15, 0.2) is 0 Å². The Kier molecular flexibility index (Phi) is 7.00. The third-order valence-corrected chi connectivity index (χ3v) is 8.59. The van der Waals surface area contributed by atoms with Gasteiger partial charge in [-0.2, -0.15) is 4.98 Å². The highest BCUT2D eigenvalue weighted by Crippen LogP contribution is 2.40. The molecule has 2 aliphatic rings. The zero-order valence-electron chi connectivity index (χ0n) is 23.0. The topological polar surface area (TPSA) is 60.4 Å². The Morgan fingerprint density at radius 2 is 1.27 bits per heavy atom. The highest BCUT2D eigenvalue weighted by Gasteiger charge is 2.46. The maximum absolute atomic E-state index is 6.06. The van der Waals surface area contributed by atoms with E-state index in [1.807, 2.05) is 6.92 Å². The molecule has 2 radical (unpaired) electrons. The monoisotopic (exact) mass is 455 g/mol. The Balaban J connectivity index is 1.89. The molecule has 0 amide bonds. The maximum Gasteiger partial charge on any atom is 0.229 e. The van der Waals surface area contributed by atoms with E-state index < -0.39 is 0 Å². The van der Waals surface area contributed by atoms with E-state index in [4.69, 9.17) is 12.8 Å². The Morgan fingerprint density at radius 1 is 0.818 bits per heavy atom. The lowest BCUT2D eigenvalue weighted by Gasteiger charge is -2.56. The molecule has 0 atom stereocenters. The third-order valence-electron chi connectivity index (χ3n) is 8.59. The van der Waals surface area contributed by atoms with Gasteiger partial charge in [0.05, 0.1) is 12.4 Å². The molecular formula is C25H46BN7. The van der Waals surface area contributed by atoms with Crippen LogP contribution in [0.3, 0.4) is 0 Å².